The first-order chi connectivity index (χ1) is 11.8. The second-order valence-electron chi connectivity index (χ2n) is 5.48. The normalized spacial score (nSPS) is 16.5. The molecule has 0 bridgehead atoms. The van der Waals surface area contributed by atoms with Crippen LogP contribution in [0.2, 0.25) is 0 Å². The van der Waals surface area contributed by atoms with E-state index >= 15 is 0 Å². The van der Waals surface area contributed by atoms with Crippen LogP contribution in [0.25, 0.3) is 10.9 Å². The van der Waals surface area contributed by atoms with Crippen molar-refractivity contribution in [3.8, 4) is 0 Å². The molecule has 1 amide bonds. The zero-order valence-corrected chi connectivity index (χ0v) is 12.7. The molecule has 1 N–H and O–H groups in total. The van der Waals surface area contributed by atoms with Gasteiger partial charge in [0.2, 0.25) is 6.10 Å². The maximum Gasteiger partial charge on any atom is 0.268 e. The van der Waals surface area contributed by atoms with Crippen molar-refractivity contribution in [1.29, 1.82) is 0 Å². The minimum Gasteiger partial charge on any atom is -0.382 e. The Balaban J connectivity index is 1.45. The maximum absolute atomic E-state index is 12.4. The van der Waals surface area contributed by atoms with Gasteiger partial charge in [0, 0.05) is 41.6 Å². The predicted molar refractivity (Wildman–Crippen MR) is 90.6 cm³/mol. The highest BCUT2D eigenvalue weighted by atomic mass is 16.6. The Hall–Kier alpha value is -3.28. The number of benzene rings is 1. The number of hydrogen-bond donors (Lipinski definition) is 1. The van der Waals surface area contributed by atoms with Crippen molar-refractivity contribution in [3.63, 3.8) is 0 Å². The van der Waals surface area contributed by atoms with Gasteiger partial charge in [0.1, 0.15) is 0 Å². The summed E-state index contributed by atoms with van der Waals surface area (Å²) in [5, 5.41) is 7.84. The summed E-state index contributed by atoms with van der Waals surface area (Å²) in [5.74, 6) is -0.221. The fraction of sp³-hybridized carbons (Fsp3) is 0.111. The molecule has 1 atom stereocenters. The smallest absolute Gasteiger partial charge is 0.268 e. The molecule has 0 radical (unpaired) electrons. The van der Waals surface area contributed by atoms with E-state index in [1.165, 1.54) is 0 Å². The van der Waals surface area contributed by atoms with Crippen molar-refractivity contribution in [2.24, 2.45) is 5.16 Å². The second kappa shape index (κ2) is 6.08. The van der Waals surface area contributed by atoms with Gasteiger partial charge in [0.15, 0.2) is 0 Å². The molecule has 0 spiro atoms. The van der Waals surface area contributed by atoms with Gasteiger partial charge in [-0.05, 0) is 36.4 Å². The van der Waals surface area contributed by atoms with Gasteiger partial charge in [-0.3, -0.25) is 14.8 Å². The van der Waals surface area contributed by atoms with Crippen molar-refractivity contribution >= 4 is 28.2 Å². The van der Waals surface area contributed by atoms with Gasteiger partial charge in [0.25, 0.3) is 5.91 Å². The average molecular weight is 318 g/mol. The van der Waals surface area contributed by atoms with Crippen molar-refractivity contribution in [3.05, 3.63) is 66.6 Å². The molecule has 1 aliphatic rings. The van der Waals surface area contributed by atoms with E-state index in [1.54, 1.807) is 18.6 Å². The largest absolute Gasteiger partial charge is 0.382 e. The highest BCUT2D eigenvalue weighted by Gasteiger charge is 2.29. The second-order valence-corrected chi connectivity index (χ2v) is 5.48. The molecule has 6 heteroatoms. The van der Waals surface area contributed by atoms with Gasteiger partial charge < -0.3 is 10.2 Å². The number of rotatable bonds is 3. The number of pyridine rings is 2. The Morgan fingerprint density at radius 2 is 2.08 bits per heavy atom. The number of nitrogens with one attached hydrogen (secondary N) is 1. The van der Waals surface area contributed by atoms with Crippen LogP contribution < -0.4 is 5.32 Å². The highest BCUT2D eigenvalue weighted by molar-refractivity contribution is 6.06. The van der Waals surface area contributed by atoms with Gasteiger partial charge in [0.05, 0.1) is 11.2 Å². The minimum absolute atomic E-state index is 0.221. The predicted octanol–water partition coefficient (Wildman–Crippen LogP) is 2.76. The van der Waals surface area contributed by atoms with E-state index in [1.807, 2.05) is 42.5 Å². The van der Waals surface area contributed by atoms with Gasteiger partial charge in [-0.15, -0.1) is 0 Å². The lowest BCUT2D eigenvalue weighted by Gasteiger charge is -2.10. The van der Waals surface area contributed by atoms with E-state index in [2.05, 4.69) is 20.4 Å². The van der Waals surface area contributed by atoms with Crippen LogP contribution >= 0.6 is 0 Å². The number of aromatic nitrogens is 2. The van der Waals surface area contributed by atoms with Gasteiger partial charge in [-0.2, -0.15) is 0 Å². The summed E-state index contributed by atoms with van der Waals surface area (Å²) in [5.41, 5.74) is 3.18. The van der Waals surface area contributed by atoms with E-state index in [9.17, 15) is 4.79 Å². The quantitative estimate of drug-likeness (QED) is 0.805. The van der Waals surface area contributed by atoms with Gasteiger partial charge in [-0.1, -0.05) is 11.2 Å². The SMILES string of the molecule is O=C(Nc1ccc2ncccc2c1)C1CC(c2cccnc2)=NO1. The van der Waals surface area contributed by atoms with Crippen LogP contribution in [0.5, 0.6) is 0 Å². The van der Waals surface area contributed by atoms with Crippen LogP contribution in [-0.2, 0) is 9.63 Å². The molecule has 0 aliphatic carbocycles. The first kappa shape index (κ1) is 14.3. The molecule has 1 aliphatic heterocycles. The fourth-order valence-corrected chi connectivity index (χ4v) is 2.60. The molecular weight excluding hydrogens is 304 g/mol. The van der Waals surface area contributed by atoms with Crippen LogP contribution in [0.3, 0.4) is 0 Å². The van der Waals surface area contributed by atoms with Crippen LogP contribution in [0.15, 0.2) is 66.2 Å². The Morgan fingerprint density at radius 3 is 2.96 bits per heavy atom. The number of carbonyl (C=O) groups excluding carboxylic acids is 1. The summed E-state index contributed by atoms with van der Waals surface area (Å²) >= 11 is 0. The molecule has 0 fully saturated rings. The number of amides is 1. The van der Waals surface area contributed by atoms with Gasteiger partial charge >= 0.3 is 0 Å². The summed E-state index contributed by atoms with van der Waals surface area (Å²) in [6.45, 7) is 0. The van der Waals surface area contributed by atoms with Crippen LogP contribution in [-0.4, -0.2) is 27.7 Å². The van der Waals surface area contributed by atoms with Gasteiger partial charge in [-0.25, -0.2) is 0 Å². The first-order valence-corrected chi connectivity index (χ1v) is 7.58. The molecule has 0 saturated carbocycles. The number of nitrogens with zero attached hydrogens (tertiary/aromatic N) is 3. The number of anilines is 1. The van der Waals surface area contributed by atoms with Crippen LogP contribution in [0.1, 0.15) is 12.0 Å². The first-order valence-electron chi connectivity index (χ1n) is 7.58. The third-order valence-electron chi connectivity index (χ3n) is 3.83. The van der Waals surface area contributed by atoms with Crippen LogP contribution in [0.4, 0.5) is 5.69 Å². The lowest BCUT2D eigenvalue weighted by Crippen LogP contribution is -2.28. The third kappa shape index (κ3) is 2.81. The lowest BCUT2D eigenvalue weighted by atomic mass is 10.1. The Bertz CT molecular complexity index is 924. The topological polar surface area (TPSA) is 76.5 Å². The molecule has 3 heterocycles. The van der Waals surface area contributed by atoms with E-state index in [0.29, 0.717) is 12.1 Å². The standard InChI is InChI=1S/C18H14N4O2/c23-18(17-10-16(22-24-17)13-4-1-7-19-11-13)21-14-5-6-15-12(9-14)3-2-8-20-15/h1-9,11,17H,10H2,(H,21,23). The van der Waals surface area contributed by atoms with E-state index in [-0.39, 0.29) is 5.91 Å². The van der Waals surface area contributed by atoms with Crippen molar-refractivity contribution in [2.45, 2.75) is 12.5 Å². The molecule has 1 unspecified atom stereocenters. The van der Waals surface area contributed by atoms with E-state index < -0.39 is 6.10 Å². The zero-order valence-electron chi connectivity index (χ0n) is 12.7. The molecule has 1 aromatic carbocycles. The number of fused-ring (bicyclic) bond motifs is 1. The molecule has 0 saturated heterocycles. The van der Waals surface area contributed by atoms with Crippen LogP contribution in [0, 0.1) is 0 Å². The summed E-state index contributed by atoms with van der Waals surface area (Å²) in [6, 6.07) is 13.1. The molecule has 4 rings (SSSR count). The molecule has 3 aromatic rings. The lowest BCUT2D eigenvalue weighted by molar-refractivity contribution is -0.125. The molecule has 118 valence electrons. The summed E-state index contributed by atoms with van der Waals surface area (Å²) in [7, 11) is 0. The molecule has 6 nitrogen and oxygen atoms in total. The average Bonchev–Trinajstić information content (AvgIpc) is 3.13. The summed E-state index contributed by atoms with van der Waals surface area (Å²) in [4.78, 5) is 26.0. The van der Waals surface area contributed by atoms with Crippen molar-refractivity contribution in [1.82, 2.24) is 9.97 Å². The Morgan fingerprint density at radius 1 is 1.17 bits per heavy atom. The molecule has 2 aromatic heterocycles. The van der Waals surface area contributed by atoms with E-state index in [0.717, 1.165) is 22.2 Å². The number of carbonyl (C=O) groups is 1. The summed E-state index contributed by atoms with van der Waals surface area (Å²) in [6.07, 6.45) is 4.93. The fourth-order valence-electron chi connectivity index (χ4n) is 2.60. The monoisotopic (exact) mass is 318 g/mol. The van der Waals surface area contributed by atoms with E-state index in [4.69, 9.17) is 4.84 Å². The number of hydrogen-bond acceptors (Lipinski definition) is 5. The Labute approximate surface area is 138 Å². The summed E-state index contributed by atoms with van der Waals surface area (Å²) < 4.78 is 0. The molecular formula is C18H14N4O2. The molecule has 24 heavy (non-hydrogen) atoms. The number of oxime groups is 1. The van der Waals surface area contributed by atoms with Crippen molar-refractivity contribution < 1.29 is 9.63 Å². The Kier molecular flexibility index (Phi) is 3.63. The zero-order chi connectivity index (χ0) is 16.4. The minimum atomic E-state index is -0.634. The highest BCUT2D eigenvalue weighted by Crippen LogP contribution is 2.20. The third-order valence-corrected chi connectivity index (χ3v) is 3.83. The maximum atomic E-state index is 12.4. The van der Waals surface area contributed by atoms with Crippen molar-refractivity contribution in [2.75, 3.05) is 5.32 Å².